The van der Waals surface area contributed by atoms with Crippen molar-refractivity contribution in [1.82, 2.24) is 10.2 Å². The highest BCUT2D eigenvalue weighted by Crippen LogP contribution is 2.52. The minimum absolute atomic E-state index is 0.00609. The van der Waals surface area contributed by atoms with E-state index < -0.39 is 23.6 Å². The van der Waals surface area contributed by atoms with Gasteiger partial charge in [-0.05, 0) is 38.5 Å². The summed E-state index contributed by atoms with van der Waals surface area (Å²) in [6.07, 6.45) is 3.14. The lowest BCUT2D eigenvalue weighted by molar-refractivity contribution is -0.157. The van der Waals surface area contributed by atoms with Gasteiger partial charge in [-0.2, -0.15) is 5.26 Å². The van der Waals surface area contributed by atoms with Gasteiger partial charge < -0.3 is 15.3 Å². The van der Waals surface area contributed by atoms with E-state index in [1.807, 2.05) is 6.07 Å². The number of aliphatic carboxylic acids is 1. The van der Waals surface area contributed by atoms with Crippen LogP contribution in [0, 0.1) is 16.7 Å². The van der Waals surface area contributed by atoms with E-state index >= 15 is 0 Å². The predicted molar refractivity (Wildman–Crippen MR) is 79.1 cm³/mol. The molecule has 1 saturated heterocycles. The maximum Gasteiger partial charge on any atom is 0.309 e. The summed E-state index contributed by atoms with van der Waals surface area (Å²) in [5, 5.41) is 21.7. The highest BCUT2D eigenvalue weighted by atomic mass is 19.1. The molecule has 126 valence electrons. The maximum absolute atomic E-state index is 13.4. The highest BCUT2D eigenvalue weighted by molar-refractivity contribution is 5.79. The number of fused-ring (bicyclic) bond motifs is 3. The van der Waals surface area contributed by atoms with Gasteiger partial charge in [0.05, 0.1) is 24.6 Å². The molecule has 0 aromatic carbocycles. The molecule has 0 spiro atoms. The van der Waals surface area contributed by atoms with Gasteiger partial charge in [-0.25, -0.2) is 4.39 Å². The molecule has 3 aliphatic carbocycles. The summed E-state index contributed by atoms with van der Waals surface area (Å²) in [6, 6.07) is 1.31. The average molecular weight is 323 g/mol. The quantitative estimate of drug-likeness (QED) is 0.811. The fraction of sp³-hybridized carbons (Fsp3) is 0.812. The highest BCUT2D eigenvalue weighted by Gasteiger charge is 2.52. The van der Waals surface area contributed by atoms with E-state index in [1.165, 1.54) is 4.90 Å². The summed E-state index contributed by atoms with van der Waals surface area (Å²) in [4.78, 5) is 25.0. The van der Waals surface area contributed by atoms with Crippen LogP contribution in [0.15, 0.2) is 0 Å². The van der Waals surface area contributed by atoms with E-state index in [0.29, 0.717) is 19.3 Å². The minimum Gasteiger partial charge on any atom is -0.481 e. The third kappa shape index (κ3) is 2.80. The van der Waals surface area contributed by atoms with Gasteiger partial charge in [0, 0.05) is 12.0 Å². The van der Waals surface area contributed by atoms with Crippen molar-refractivity contribution in [2.45, 2.75) is 62.7 Å². The third-order valence-electron chi connectivity index (χ3n) is 6.03. The zero-order valence-electron chi connectivity index (χ0n) is 13.1. The number of alkyl halides is 1. The first-order valence-corrected chi connectivity index (χ1v) is 8.21. The smallest absolute Gasteiger partial charge is 0.309 e. The molecule has 2 atom stereocenters. The van der Waals surface area contributed by atoms with Gasteiger partial charge in [0.2, 0.25) is 5.91 Å². The summed E-state index contributed by atoms with van der Waals surface area (Å²) in [7, 11) is 0. The Morgan fingerprint density at radius 2 is 1.87 bits per heavy atom. The predicted octanol–water partition coefficient (Wildman–Crippen LogP) is 1.22. The lowest BCUT2D eigenvalue weighted by Gasteiger charge is -2.51. The Bertz CT molecular complexity index is 535. The van der Waals surface area contributed by atoms with Crippen molar-refractivity contribution in [2.24, 2.45) is 5.41 Å². The molecule has 4 rings (SSSR count). The van der Waals surface area contributed by atoms with Gasteiger partial charge in [-0.1, -0.05) is 0 Å². The fourth-order valence-electron chi connectivity index (χ4n) is 4.32. The number of carbonyl (C=O) groups excluding carboxylic acids is 1. The standard InChI is InChI=1S/C16H22FN3O3/c17-11-7-12(8-18)20(10-11)13(21)9-19-16-4-1-15(2-5-16,3-6-16)14(22)23/h11-12,19H,1-7,9-10H2,(H,22,23). The van der Waals surface area contributed by atoms with Crippen molar-refractivity contribution in [3.05, 3.63) is 0 Å². The van der Waals surface area contributed by atoms with Crippen molar-refractivity contribution in [1.29, 1.82) is 5.26 Å². The van der Waals surface area contributed by atoms with E-state index in [-0.39, 0.29) is 31.0 Å². The molecule has 1 aliphatic heterocycles. The minimum atomic E-state index is -1.12. The van der Waals surface area contributed by atoms with Crippen LogP contribution in [0.25, 0.3) is 0 Å². The Morgan fingerprint density at radius 3 is 2.39 bits per heavy atom. The van der Waals surface area contributed by atoms with Crippen LogP contribution in [-0.2, 0) is 9.59 Å². The Morgan fingerprint density at radius 1 is 1.26 bits per heavy atom. The van der Waals surface area contributed by atoms with Crippen LogP contribution in [0.1, 0.15) is 44.9 Å². The van der Waals surface area contributed by atoms with Crippen molar-refractivity contribution in [3.8, 4) is 6.07 Å². The number of carboxylic acid groups (broad SMARTS) is 1. The molecule has 0 aromatic heterocycles. The summed E-state index contributed by atoms with van der Waals surface area (Å²) in [5.41, 5.74) is -0.750. The van der Waals surface area contributed by atoms with Crippen LogP contribution in [0.3, 0.4) is 0 Å². The Kier molecular flexibility index (Phi) is 4.05. The SMILES string of the molecule is N#CC1CC(F)CN1C(=O)CNC12CCC(C(=O)O)(CC1)CC2. The van der Waals surface area contributed by atoms with Gasteiger partial charge in [0.25, 0.3) is 0 Å². The van der Waals surface area contributed by atoms with Gasteiger partial charge in [0.15, 0.2) is 0 Å². The van der Waals surface area contributed by atoms with Crippen molar-refractivity contribution in [3.63, 3.8) is 0 Å². The number of hydrogen-bond acceptors (Lipinski definition) is 4. The van der Waals surface area contributed by atoms with Crippen molar-refractivity contribution >= 4 is 11.9 Å². The first-order chi connectivity index (χ1) is 10.9. The molecule has 4 aliphatic rings. The number of amides is 1. The average Bonchev–Trinajstić information content (AvgIpc) is 2.95. The molecule has 2 unspecified atom stereocenters. The monoisotopic (exact) mass is 323 g/mol. The molecule has 1 amide bonds. The third-order valence-corrected chi connectivity index (χ3v) is 6.03. The number of rotatable bonds is 4. The Balaban J connectivity index is 1.57. The second-order valence-electron chi connectivity index (χ2n) is 7.24. The molecule has 2 bridgehead atoms. The Hall–Kier alpha value is -1.68. The molecule has 7 heteroatoms. The maximum atomic E-state index is 13.4. The molecule has 23 heavy (non-hydrogen) atoms. The molecule has 0 aromatic rings. The zero-order chi connectivity index (χ0) is 16.7. The number of carboxylic acids is 1. The van der Waals surface area contributed by atoms with Crippen LogP contribution < -0.4 is 5.32 Å². The molecule has 6 nitrogen and oxygen atoms in total. The summed E-state index contributed by atoms with van der Waals surface area (Å²) in [5.74, 6) is -0.948. The second-order valence-corrected chi connectivity index (χ2v) is 7.24. The van der Waals surface area contributed by atoms with Crippen LogP contribution in [-0.4, -0.2) is 52.7 Å². The molecule has 3 saturated carbocycles. The van der Waals surface area contributed by atoms with E-state index in [4.69, 9.17) is 5.26 Å². The Labute approximate surface area is 134 Å². The molecule has 4 fully saturated rings. The number of carbonyl (C=O) groups is 2. The van der Waals surface area contributed by atoms with E-state index in [9.17, 15) is 19.1 Å². The molecule has 0 radical (unpaired) electrons. The lowest BCUT2D eigenvalue weighted by atomic mass is 9.57. The topological polar surface area (TPSA) is 93.4 Å². The van der Waals surface area contributed by atoms with Gasteiger partial charge in [-0.3, -0.25) is 9.59 Å². The van der Waals surface area contributed by atoms with E-state index in [2.05, 4.69) is 5.32 Å². The largest absolute Gasteiger partial charge is 0.481 e. The van der Waals surface area contributed by atoms with Gasteiger partial charge in [-0.15, -0.1) is 0 Å². The summed E-state index contributed by atoms with van der Waals surface area (Å²) in [6.45, 7) is 0.0822. The number of nitriles is 1. The number of nitrogens with one attached hydrogen (secondary N) is 1. The number of nitrogens with zero attached hydrogens (tertiary/aromatic N) is 2. The second kappa shape index (κ2) is 5.75. The first kappa shape index (κ1) is 16.2. The number of likely N-dealkylation sites (tertiary alicyclic amines) is 1. The van der Waals surface area contributed by atoms with Crippen molar-refractivity contribution in [2.75, 3.05) is 13.1 Å². The van der Waals surface area contributed by atoms with Gasteiger partial charge in [0.1, 0.15) is 12.2 Å². The number of halogens is 1. The number of hydrogen-bond donors (Lipinski definition) is 2. The molecule has 1 heterocycles. The van der Waals surface area contributed by atoms with Crippen LogP contribution in [0.4, 0.5) is 4.39 Å². The molecular weight excluding hydrogens is 301 g/mol. The van der Waals surface area contributed by atoms with Gasteiger partial charge >= 0.3 is 5.97 Å². The van der Waals surface area contributed by atoms with Crippen LogP contribution in [0.5, 0.6) is 0 Å². The fourth-order valence-corrected chi connectivity index (χ4v) is 4.32. The summed E-state index contributed by atoms with van der Waals surface area (Å²) < 4.78 is 13.4. The molecular formula is C16H22FN3O3. The first-order valence-electron chi connectivity index (χ1n) is 8.21. The van der Waals surface area contributed by atoms with E-state index in [0.717, 1.165) is 19.3 Å². The van der Waals surface area contributed by atoms with Crippen LogP contribution >= 0.6 is 0 Å². The zero-order valence-corrected chi connectivity index (χ0v) is 13.1. The lowest BCUT2D eigenvalue weighted by Crippen LogP contribution is -2.58. The van der Waals surface area contributed by atoms with Crippen molar-refractivity contribution < 1.29 is 19.1 Å². The van der Waals surface area contributed by atoms with E-state index in [1.54, 1.807) is 0 Å². The summed E-state index contributed by atoms with van der Waals surface area (Å²) >= 11 is 0. The normalized spacial score (nSPS) is 39.2. The van der Waals surface area contributed by atoms with Crippen LogP contribution in [0.2, 0.25) is 0 Å². The molecule has 2 N–H and O–H groups in total.